The SMILES string of the molecule is CN(C(=O)c1ccncc1)[C@H]1CC[C@@]2(C)C[C@H](c3ccccc3)C[C@](C)(O2)[C@@H]1O. The van der Waals surface area contributed by atoms with Crippen molar-refractivity contribution in [2.24, 2.45) is 0 Å². The second-order valence-electron chi connectivity index (χ2n) is 9.08. The predicted octanol–water partition coefficient (Wildman–Crippen LogP) is 3.79. The summed E-state index contributed by atoms with van der Waals surface area (Å²) in [5.74, 6) is 0.232. The summed E-state index contributed by atoms with van der Waals surface area (Å²) < 4.78 is 6.55. The van der Waals surface area contributed by atoms with E-state index in [0.29, 0.717) is 17.9 Å². The Hall–Kier alpha value is -2.24. The summed E-state index contributed by atoms with van der Waals surface area (Å²) in [7, 11) is 1.78. The van der Waals surface area contributed by atoms with Crippen LogP contribution in [-0.4, -0.2) is 51.3 Å². The Balaban J connectivity index is 1.62. The highest BCUT2D eigenvalue weighted by atomic mass is 16.5. The van der Waals surface area contributed by atoms with Crippen molar-refractivity contribution >= 4 is 5.91 Å². The van der Waals surface area contributed by atoms with Gasteiger partial charge in [0.05, 0.1) is 17.2 Å². The van der Waals surface area contributed by atoms with Crippen LogP contribution in [0.15, 0.2) is 54.9 Å². The Kier molecular flexibility index (Phi) is 5.21. The van der Waals surface area contributed by atoms with E-state index in [1.165, 1.54) is 5.56 Å². The molecule has 2 saturated heterocycles. The van der Waals surface area contributed by atoms with Gasteiger partial charge in [0.25, 0.3) is 5.91 Å². The molecule has 3 heterocycles. The number of aromatic nitrogens is 1. The van der Waals surface area contributed by atoms with Gasteiger partial charge in [0, 0.05) is 25.0 Å². The lowest BCUT2D eigenvalue weighted by molar-refractivity contribution is -0.214. The zero-order valence-corrected chi connectivity index (χ0v) is 17.4. The molecular formula is C24H30N2O3. The van der Waals surface area contributed by atoms with Crippen molar-refractivity contribution in [2.75, 3.05) is 7.05 Å². The van der Waals surface area contributed by atoms with Crippen molar-refractivity contribution in [1.29, 1.82) is 0 Å². The molecule has 2 aromatic rings. The molecule has 5 nitrogen and oxygen atoms in total. The lowest BCUT2D eigenvalue weighted by atomic mass is 9.74. The highest BCUT2D eigenvalue weighted by Gasteiger charge is 2.54. The maximum Gasteiger partial charge on any atom is 0.254 e. The number of hydrogen-bond acceptors (Lipinski definition) is 4. The van der Waals surface area contributed by atoms with Crippen LogP contribution in [0.2, 0.25) is 0 Å². The van der Waals surface area contributed by atoms with Crippen molar-refractivity contribution in [3.63, 3.8) is 0 Å². The fourth-order valence-corrected chi connectivity index (χ4v) is 5.30. The van der Waals surface area contributed by atoms with Crippen LogP contribution in [0.4, 0.5) is 0 Å². The quantitative estimate of drug-likeness (QED) is 0.860. The van der Waals surface area contributed by atoms with E-state index < -0.39 is 11.7 Å². The topological polar surface area (TPSA) is 62.7 Å². The van der Waals surface area contributed by atoms with Crippen LogP contribution in [0.5, 0.6) is 0 Å². The standard InChI is InChI=1S/C24H30N2O3/c1-23-12-9-20(26(3)22(28)18-10-13-25-14-11-18)21(27)24(2,29-23)16-19(15-23)17-7-5-4-6-8-17/h4-8,10-11,13-14,19-21,27H,9,12,15-16H2,1-3H3/t19-,20-,21+,23-,24-/m0/s1. The molecule has 1 aromatic carbocycles. The van der Waals surface area contributed by atoms with E-state index in [9.17, 15) is 9.90 Å². The molecule has 5 atom stereocenters. The number of aliphatic hydroxyl groups is 1. The second kappa shape index (κ2) is 7.54. The number of nitrogens with zero attached hydrogens (tertiary/aromatic N) is 2. The van der Waals surface area contributed by atoms with Gasteiger partial charge in [-0.25, -0.2) is 0 Å². The first-order valence-corrected chi connectivity index (χ1v) is 10.4. The fourth-order valence-electron chi connectivity index (χ4n) is 5.30. The van der Waals surface area contributed by atoms with Gasteiger partial charge in [-0.3, -0.25) is 9.78 Å². The molecule has 5 heteroatoms. The summed E-state index contributed by atoms with van der Waals surface area (Å²) in [6.07, 6.45) is 5.66. The van der Waals surface area contributed by atoms with Gasteiger partial charge in [0.1, 0.15) is 6.10 Å². The van der Waals surface area contributed by atoms with Crippen molar-refractivity contribution in [3.8, 4) is 0 Å². The molecule has 4 rings (SSSR count). The van der Waals surface area contributed by atoms with Gasteiger partial charge in [-0.1, -0.05) is 30.3 Å². The molecule has 0 unspecified atom stereocenters. The normalized spacial score (nSPS) is 34.3. The average molecular weight is 395 g/mol. The number of pyridine rings is 1. The number of fused-ring (bicyclic) bond motifs is 2. The van der Waals surface area contributed by atoms with E-state index in [0.717, 1.165) is 19.3 Å². The second-order valence-corrected chi connectivity index (χ2v) is 9.08. The maximum atomic E-state index is 13.0. The number of hydrogen-bond donors (Lipinski definition) is 1. The maximum absolute atomic E-state index is 13.0. The van der Waals surface area contributed by atoms with Crippen LogP contribution in [0.1, 0.15) is 61.4 Å². The van der Waals surface area contributed by atoms with Crippen LogP contribution in [0.3, 0.4) is 0 Å². The Bertz CT molecular complexity index is 859. The molecule has 1 aromatic heterocycles. The summed E-state index contributed by atoms with van der Waals surface area (Å²) in [6, 6.07) is 13.6. The summed E-state index contributed by atoms with van der Waals surface area (Å²) >= 11 is 0. The summed E-state index contributed by atoms with van der Waals surface area (Å²) in [6.45, 7) is 4.16. The molecule has 0 radical (unpaired) electrons. The number of carbonyl (C=O) groups excluding carboxylic acids is 1. The van der Waals surface area contributed by atoms with Crippen LogP contribution >= 0.6 is 0 Å². The van der Waals surface area contributed by atoms with Crippen LogP contribution in [0, 0.1) is 0 Å². The molecule has 0 aliphatic carbocycles. The number of benzene rings is 1. The van der Waals surface area contributed by atoms with E-state index in [-0.39, 0.29) is 17.6 Å². The molecule has 2 bridgehead atoms. The fraction of sp³-hybridized carbons (Fsp3) is 0.500. The van der Waals surface area contributed by atoms with E-state index >= 15 is 0 Å². The number of aliphatic hydroxyl groups excluding tert-OH is 1. The van der Waals surface area contributed by atoms with E-state index in [1.807, 2.05) is 13.0 Å². The highest BCUT2D eigenvalue weighted by Crippen LogP contribution is 2.50. The molecular weight excluding hydrogens is 364 g/mol. The van der Waals surface area contributed by atoms with Crippen molar-refractivity contribution in [1.82, 2.24) is 9.88 Å². The average Bonchev–Trinajstić information content (AvgIpc) is 2.80. The van der Waals surface area contributed by atoms with Crippen LogP contribution < -0.4 is 0 Å². The van der Waals surface area contributed by atoms with Crippen molar-refractivity contribution in [3.05, 3.63) is 66.0 Å². The first kappa shape index (κ1) is 20.0. The molecule has 2 aliphatic heterocycles. The third kappa shape index (κ3) is 3.81. The Morgan fingerprint density at radius 1 is 1.14 bits per heavy atom. The Labute approximate surface area is 172 Å². The lowest BCUT2D eigenvalue weighted by Gasteiger charge is -2.49. The molecule has 154 valence electrons. The molecule has 1 amide bonds. The zero-order valence-electron chi connectivity index (χ0n) is 17.4. The lowest BCUT2D eigenvalue weighted by Crippen LogP contribution is -2.57. The summed E-state index contributed by atoms with van der Waals surface area (Å²) in [5.41, 5.74) is 0.854. The minimum absolute atomic E-state index is 0.0961. The third-order valence-electron chi connectivity index (χ3n) is 6.78. The number of carbonyl (C=O) groups is 1. The first-order valence-electron chi connectivity index (χ1n) is 10.4. The van der Waals surface area contributed by atoms with Gasteiger partial charge in [0.15, 0.2) is 0 Å². The van der Waals surface area contributed by atoms with E-state index in [2.05, 4.69) is 36.2 Å². The number of rotatable bonds is 3. The zero-order chi connectivity index (χ0) is 20.6. The number of ether oxygens (including phenoxy) is 1. The van der Waals surface area contributed by atoms with Gasteiger partial charge in [-0.15, -0.1) is 0 Å². The Morgan fingerprint density at radius 3 is 2.52 bits per heavy atom. The van der Waals surface area contributed by atoms with E-state index in [4.69, 9.17) is 4.74 Å². The minimum Gasteiger partial charge on any atom is -0.388 e. The van der Waals surface area contributed by atoms with E-state index in [1.54, 1.807) is 36.5 Å². The highest BCUT2D eigenvalue weighted by molar-refractivity contribution is 5.94. The van der Waals surface area contributed by atoms with Gasteiger partial charge < -0.3 is 14.7 Å². The number of amides is 1. The van der Waals surface area contributed by atoms with Gasteiger partial charge >= 0.3 is 0 Å². The largest absolute Gasteiger partial charge is 0.388 e. The van der Waals surface area contributed by atoms with Gasteiger partial charge in [-0.05, 0) is 63.1 Å². The monoisotopic (exact) mass is 394 g/mol. The molecule has 0 spiro atoms. The minimum atomic E-state index is -0.758. The van der Waals surface area contributed by atoms with Crippen molar-refractivity contribution < 1.29 is 14.6 Å². The first-order chi connectivity index (χ1) is 13.8. The van der Waals surface area contributed by atoms with Crippen LogP contribution in [0.25, 0.3) is 0 Å². The predicted molar refractivity (Wildman–Crippen MR) is 112 cm³/mol. The van der Waals surface area contributed by atoms with Crippen LogP contribution in [-0.2, 0) is 4.74 Å². The molecule has 2 fully saturated rings. The molecule has 29 heavy (non-hydrogen) atoms. The smallest absolute Gasteiger partial charge is 0.254 e. The molecule has 2 aliphatic rings. The van der Waals surface area contributed by atoms with Gasteiger partial charge in [0.2, 0.25) is 0 Å². The Morgan fingerprint density at radius 2 is 1.83 bits per heavy atom. The third-order valence-corrected chi connectivity index (χ3v) is 6.78. The summed E-state index contributed by atoms with van der Waals surface area (Å²) in [4.78, 5) is 18.7. The number of likely N-dealkylation sites (N-methyl/N-ethyl adjacent to an activating group) is 1. The molecule has 0 saturated carbocycles. The summed E-state index contributed by atoms with van der Waals surface area (Å²) in [5, 5.41) is 11.4. The molecule has 1 N–H and O–H groups in total. The van der Waals surface area contributed by atoms with Gasteiger partial charge in [-0.2, -0.15) is 0 Å². The van der Waals surface area contributed by atoms with Crippen molar-refractivity contribution in [2.45, 2.75) is 68.8 Å².